The third kappa shape index (κ3) is 13.9. The second kappa shape index (κ2) is 11.4. The molecular formula is C14H30O2. The molecule has 0 aliphatic heterocycles. The summed E-state index contributed by atoms with van der Waals surface area (Å²) in [6.45, 7) is 12.5. The molecule has 0 aromatic heterocycles. The van der Waals surface area contributed by atoms with Crippen molar-refractivity contribution >= 4 is 0 Å². The molecule has 98 valence electrons. The van der Waals surface area contributed by atoms with Gasteiger partial charge in [0.2, 0.25) is 0 Å². The van der Waals surface area contributed by atoms with Gasteiger partial charge < -0.3 is 9.47 Å². The highest BCUT2D eigenvalue weighted by atomic mass is 16.5. The third-order valence-electron chi connectivity index (χ3n) is 2.51. The first-order valence-electron chi connectivity index (χ1n) is 6.78. The van der Waals surface area contributed by atoms with Crippen LogP contribution in [0.15, 0.2) is 0 Å². The molecule has 0 radical (unpaired) electrons. The summed E-state index contributed by atoms with van der Waals surface area (Å²) in [5, 5.41) is 0. The van der Waals surface area contributed by atoms with Gasteiger partial charge in [-0.15, -0.1) is 0 Å². The average Bonchev–Trinajstić information content (AvgIpc) is 2.20. The molecule has 0 aliphatic carbocycles. The smallest absolute Gasteiger partial charge is 0.0468 e. The van der Waals surface area contributed by atoms with E-state index in [0.717, 1.165) is 51.1 Å². The van der Waals surface area contributed by atoms with Crippen LogP contribution >= 0.6 is 0 Å². The van der Waals surface area contributed by atoms with Crippen molar-refractivity contribution in [1.29, 1.82) is 0 Å². The van der Waals surface area contributed by atoms with Crippen molar-refractivity contribution in [2.75, 3.05) is 26.4 Å². The lowest BCUT2D eigenvalue weighted by Crippen LogP contribution is -2.03. The van der Waals surface area contributed by atoms with E-state index in [-0.39, 0.29) is 0 Å². The second-order valence-electron chi connectivity index (χ2n) is 5.30. The zero-order valence-corrected chi connectivity index (χ0v) is 11.6. The molecule has 0 spiro atoms. The Balaban J connectivity index is 2.93. The van der Waals surface area contributed by atoms with Crippen LogP contribution in [0.1, 0.15) is 53.4 Å². The lowest BCUT2D eigenvalue weighted by atomic mass is 10.1. The van der Waals surface area contributed by atoms with E-state index in [1.165, 1.54) is 12.8 Å². The van der Waals surface area contributed by atoms with Gasteiger partial charge in [-0.2, -0.15) is 0 Å². The number of rotatable bonds is 11. The van der Waals surface area contributed by atoms with Gasteiger partial charge in [0.1, 0.15) is 0 Å². The van der Waals surface area contributed by atoms with Gasteiger partial charge in [0.15, 0.2) is 0 Å². The molecule has 0 saturated heterocycles. The first-order chi connectivity index (χ1) is 7.63. The molecule has 0 rings (SSSR count). The van der Waals surface area contributed by atoms with Crippen LogP contribution in [0.5, 0.6) is 0 Å². The number of hydrogen-bond acceptors (Lipinski definition) is 2. The lowest BCUT2D eigenvalue weighted by Gasteiger charge is -2.07. The Kier molecular flexibility index (Phi) is 11.3. The van der Waals surface area contributed by atoms with E-state index in [4.69, 9.17) is 9.47 Å². The molecular weight excluding hydrogens is 200 g/mol. The first-order valence-corrected chi connectivity index (χ1v) is 6.78. The predicted molar refractivity (Wildman–Crippen MR) is 69.8 cm³/mol. The highest BCUT2D eigenvalue weighted by Gasteiger charge is 1.96. The van der Waals surface area contributed by atoms with Gasteiger partial charge in [-0.25, -0.2) is 0 Å². The van der Waals surface area contributed by atoms with Crippen LogP contribution in [0.25, 0.3) is 0 Å². The fourth-order valence-corrected chi connectivity index (χ4v) is 1.25. The van der Waals surface area contributed by atoms with Crippen molar-refractivity contribution in [3.8, 4) is 0 Å². The Morgan fingerprint density at radius 2 is 1.00 bits per heavy atom. The van der Waals surface area contributed by atoms with Gasteiger partial charge >= 0.3 is 0 Å². The Bertz CT molecular complexity index is 117. The van der Waals surface area contributed by atoms with Crippen molar-refractivity contribution in [3.63, 3.8) is 0 Å². The molecule has 0 bridgehead atoms. The van der Waals surface area contributed by atoms with Crippen molar-refractivity contribution in [1.82, 2.24) is 0 Å². The zero-order valence-electron chi connectivity index (χ0n) is 11.6. The fourth-order valence-electron chi connectivity index (χ4n) is 1.25. The van der Waals surface area contributed by atoms with E-state index in [9.17, 15) is 0 Å². The summed E-state index contributed by atoms with van der Waals surface area (Å²) in [4.78, 5) is 0. The van der Waals surface area contributed by atoms with E-state index < -0.39 is 0 Å². The van der Waals surface area contributed by atoms with E-state index >= 15 is 0 Å². The Labute approximate surface area is 102 Å². The molecule has 0 heterocycles. The highest BCUT2D eigenvalue weighted by molar-refractivity contribution is 4.45. The molecule has 0 aliphatic rings. The third-order valence-corrected chi connectivity index (χ3v) is 2.51. The monoisotopic (exact) mass is 230 g/mol. The first kappa shape index (κ1) is 15.9. The van der Waals surface area contributed by atoms with Crippen LogP contribution in [0, 0.1) is 11.8 Å². The summed E-state index contributed by atoms with van der Waals surface area (Å²) in [5.74, 6) is 1.50. The summed E-state index contributed by atoms with van der Waals surface area (Å²) < 4.78 is 11.1. The molecule has 2 heteroatoms. The molecule has 0 fully saturated rings. The van der Waals surface area contributed by atoms with Gasteiger partial charge in [-0.1, -0.05) is 27.7 Å². The van der Waals surface area contributed by atoms with E-state index in [1.54, 1.807) is 0 Å². The predicted octanol–water partition coefficient (Wildman–Crippen LogP) is 3.89. The SMILES string of the molecule is CC(C)CCOCCCCOCCC(C)C. The minimum absolute atomic E-state index is 0.749. The zero-order chi connectivity index (χ0) is 12.2. The topological polar surface area (TPSA) is 18.5 Å². The van der Waals surface area contributed by atoms with Crippen molar-refractivity contribution in [2.24, 2.45) is 11.8 Å². The summed E-state index contributed by atoms with van der Waals surface area (Å²) in [6.07, 6.45) is 4.59. The maximum absolute atomic E-state index is 5.53. The Hall–Kier alpha value is -0.0800. The van der Waals surface area contributed by atoms with E-state index in [2.05, 4.69) is 27.7 Å². The summed E-state index contributed by atoms with van der Waals surface area (Å²) in [5.41, 5.74) is 0. The fraction of sp³-hybridized carbons (Fsp3) is 1.00. The molecule has 0 aromatic rings. The number of ether oxygens (including phenoxy) is 2. The molecule has 0 N–H and O–H groups in total. The van der Waals surface area contributed by atoms with Crippen molar-refractivity contribution in [3.05, 3.63) is 0 Å². The molecule has 0 aromatic carbocycles. The summed E-state index contributed by atoms with van der Waals surface area (Å²) >= 11 is 0. The molecule has 0 saturated carbocycles. The van der Waals surface area contributed by atoms with Crippen LogP contribution in [-0.2, 0) is 9.47 Å². The summed E-state index contributed by atoms with van der Waals surface area (Å²) in [7, 11) is 0. The minimum Gasteiger partial charge on any atom is -0.381 e. The second-order valence-corrected chi connectivity index (χ2v) is 5.30. The maximum Gasteiger partial charge on any atom is 0.0468 e. The molecule has 2 nitrogen and oxygen atoms in total. The van der Waals surface area contributed by atoms with Crippen LogP contribution in [0.3, 0.4) is 0 Å². The normalized spacial score (nSPS) is 11.6. The molecule has 0 unspecified atom stereocenters. The molecule has 0 amide bonds. The minimum atomic E-state index is 0.749. The van der Waals surface area contributed by atoms with Gasteiger partial charge in [-0.05, 0) is 37.5 Å². The van der Waals surface area contributed by atoms with Gasteiger partial charge in [-0.3, -0.25) is 0 Å². The van der Waals surface area contributed by atoms with Gasteiger partial charge in [0, 0.05) is 26.4 Å². The Morgan fingerprint density at radius 3 is 1.31 bits per heavy atom. The maximum atomic E-state index is 5.53. The van der Waals surface area contributed by atoms with E-state index in [0.29, 0.717) is 0 Å². The number of unbranched alkanes of at least 4 members (excludes halogenated alkanes) is 1. The lowest BCUT2D eigenvalue weighted by molar-refractivity contribution is 0.0939. The van der Waals surface area contributed by atoms with Crippen LogP contribution in [-0.4, -0.2) is 26.4 Å². The van der Waals surface area contributed by atoms with Crippen LogP contribution in [0.2, 0.25) is 0 Å². The van der Waals surface area contributed by atoms with Gasteiger partial charge in [0.05, 0.1) is 0 Å². The molecule has 16 heavy (non-hydrogen) atoms. The Morgan fingerprint density at radius 1 is 0.625 bits per heavy atom. The largest absolute Gasteiger partial charge is 0.381 e. The molecule has 0 atom stereocenters. The summed E-state index contributed by atoms with van der Waals surface area (Å²) in [6, 6.07) is 0. The van der Waals surface area contributed by atoms with E-state index in [1.807, 2.05) is 0 Å². The average molecular weight is 230 g/mol. The van der Waals surface area contributed by atoms with Crippen molar-refractivity contribution in [2.45, 2.75) is 53.4 Å². The van der Waals surface area contributed by atoms with Crippen LogP contribution < -0.4 is 0 Å². The quantitative estimate of drug-likeness (QED) is 0.501. The number of hydrogen-bond donors (Lipinski definition) is 0. The highest BCUT2D eigenvalue weighted by Crippen LogP contribution is 2.01. The van der Waals surface area contributed by atoms with Crippen molar-refractivity contribution < 1.29 is 9.47 Å². The standard InChI is InChI=1S/C14H30O2/c1-13(2)7-11-15-9-5-6-10-16-12-8-14(3)4/h13-14H,5-12H2,1-4H3. The van der Waals surface area contributed by atoms with Crippen LogP contribution in [0.4, 0.5) is 0 Å². The van der Waals surface area contributed by atoms with Gasteiger partial charge in [0.25, 0.3) is 0 Å².